The Balaban J connectivity index is 2.05. The van der Waals surface area contributed by atoms with Crippen molar-refractivity contribution in [1.29, 1.82) is 0 Å². The number of anilines is 2. The maximum absolute atomic E-state index is 5.22. The lowest BCUT2D eigenvalue weighted by Gasteiger charge is -2.19. The largest absolute Gasteiger partial charge is 0.385 e. The number of rotatable bonds is 5. The van der Waals surface area contributed by atoms with Crippen LogP contribution in [-0.2, 0) is 11.3 Å². The van der Waals surface area contributed by atoms with Gasteiger partial charge in [0.05, 0.1) is 17.8 Å². The van der Waals surface area contributed by atoms with Gasteiger partial charge in [0, 0.05) is 43.5 Å². The van der Waals surface area contributed by atoms with E-state index in [0.717, 1.165) is 36.5 Å². The zero-order chi connectivity index (χ0) is 14.7. The summed E-state index contributed by atoms with van der Waals surface area (Å²) >= 11 is 0. The third-order valence-electron chi connectivity index (χ3n) is 3.98. The summed E-state index contributed by atoms with van der Waals surface area (Å²) in [6.45, 7) is 5.89. The van der Waals surface area contributed by atoms with Crippen LogP contribution in [0.1, 0.15) is 25.5 Å². The minimum absolute atomic E-state index is 0.544. The van der Waals surface area contributed by atoms with Gasteiger partial charge in [-0.15, -0.1) is 0 Å². The lowest BCUT2D eigenvalue weighted by atomic mass is 10.1. The van der Waals surface area contributed by atoms with E-state index in [4.69, 9.17) is 9.72 Å². The standard InChI is InChI=1S/C17H23N3O/c1-3-18-17-10-13(12-21-2)19-16-7-6-14(11-15(16)17)20-8-4-5-9-20/h6-7,10-11H,3-5,8-9,12H2,1-2H3,(H,18,19). The van der Waals surface area contributed by atoms with Crippen molar-refractivity contribution < 1.29 is 4.74 Å². The van der Waals surface area contributed by atoms with Crippen LogP contribution in [-0.4, -0.2) is 31.7 Å². The second-order valence-electron chi connectivity index (χ2n) is 5.52. The van der Waals surface area contributed by atoms with E-state index in [1.54, 1.807) is 7.11 Å². The van der Waals surface area contributed by atoms with Crippen LogP contribution in [0.15, 0.2) is 24.3 Å². The van der Waals surface area contributed by atoms with Gasteiger partial charge in [0.1, 0.15) is 0 Å². The van der Waals surface area contributed by atoms with Gasteiger partial charge in [0.2, 0.25) is 0 Å². The van der Waals surface area contributed by atoms with Crippen LogP contribution < -0.4 is 10.2 Å². The predicted octanol–water partition coefficient (Wildman–Crippen LogP) is 3.41. The molecule has 4 nitrogen and oxygen atoms in total. The molecular weight excluding hydrogens is 262 g/mol. The lowest BCUT2D eigenvalue weighted by molar-refractivity contribution is 0.182. The SMILES string of the molecule is CCNc1cc(COC)nc2ccc(N3CCCC3)cc12. The number of pyridine rings is 1. The molecule has 0 unspecified atom stereocenters. The number of ether oxygens (including phenoxy) is 1. The molecular formula is C17H23N3O. The van der Waals surface area contributed by atoms with E-state index >= 15 is 0 Å². The van der Waals surface area contributed by atoms with Crippen molar-refractivity contribution in [3.05, 3.63) is 30.0 Å². The highest BCUT2D eigenvalue weighted by atomic mass is 16.5. The molecule has 112 valence electrons. The number of nitrogens with zero attached hydrogens (tertiary/aromatic N) is 2. The van der Waals surface area contributed by atoms with Crippen molar-refractivity contribution in [2.75, 3.05) is 37.0 Å². The van der Waals surface area contributed by atoms with E-state index in [9.17, 15) is 0 Å². The Labute approximate surface area is 126 Å². The summed E-state index contributed by atoms with van der Waals surface area (Å²) in [6.07, 6.45) is 2.59. The highest BCUT2D eigenvalue weighted by Gasteiger charge is 2.14. The summed E-state index contributed by atoms with van der Waals surface area (Å²) in [5.41, 5.74) is 4.45. The van der Waals surface area contributed by atoms with Gasteiger partial charge in [-0.25, -0.2) is 0 Å². The van der Waals surface area contributed by atoms with Gasteiger partial charge in [-0.1, -0.05) is 0 Å². The maximum Gasteiger partial charge on any atom is 0.0885 e. The van der Waals surface area contributed by atoms with Gasteiger partial charge in [0.15, 0.2) is 0 Å². The molecule has 2 heterocycles. The number of hydrogen-bond donors (Lipinski definition) is 1. The first-order valence-electron chi connectivity index (χ1n) is 7.73. The molecule has 21 heavy (non-hydrogen) atoms. The van der Waals surface area contributed by atoms with Crippen molar-refractivity contribution >= 4 is 22.3 Å². The normalized spacial score (nSPS) is 14.9. The Morgan fingerprint density at radius 3 is 2.76 bits per heavy atom. The minimum atomic E-state index is 0.544. The van der Waals surface area contributed by atoms with Gasteiger partial charge < -0.3 is 15.0 Å². The van der Waals surface area contributed by atoms with E-state index in [2.05, 4.69) is 41.4 Å². The van der Waals surface area contributed by atoms with Crippen molar-refractivity contribution in [3.63, 3.8) is 0 Å². The number of benzene rings is 1. The predicted molar refractivity (Wildman–Crippen MR) is 88.1 cm³/mol. The first-order valence-corrected chi connectivity index (χ1v) is 7.73. The molecule has 2 aromatic rings. The van der Waals surface area contributed by atoms with E-state index in [0.29, 0.717) is 6.61 Å². The Hall–Kier alpha value is -1.81. The number of hydrogen-bond acceptors (Lipinski definition) is 4. The zero-order valence-corrected chi connectivity index (χ0v) is 12.9. The fourth-order valence-corrected chi connectivity index (χ4v) is 3.00. The van der Waals surface area contributed by atoms with Crippen molar-refractivity contribution in [2.45, 2.75) is 26.4 Å². The first kappa shape index (κ1) is 14.1. The van der Waals surface area contributed by atoms with Gasteiger partial charge in [-0.2, -0.15) is 0 Å². The molecule has 0 atom stereocenters. The zero-order valence-electron chi connectivity index (χ0n) is 12.9. The third kappa shape index (κ3) is 2.95. The molecule has 1 aromatic carbocycles. The lowest BCUT2D eigenvalue weighted by Crippen LogP contribution is -2.17. The van der Waals surface area contributed by atoms with Crippen LogP contribution in [0, 0.1) is 0 Å². The number of aromatic nitrogens is 1. The van der Waals surface area contributed by atoms with Crippen molar-refractivity contribution in [2.24, 2.45) is 0 Å². The van der Waals surface area contributed by atoms with Crippen LogP contribution in [0.3, 0.4) is 0 Å². The molecule has 0 radical (unpaired) electrons. The molecule has 0 bridgehead atoms. The molecule has 3 rings (SSSR count). The average molecular weight is 285 g/mol. The molecule has 1 saturated heterocycles. The summed E-state index contributed by atoms with van der Waals surface area (Å²) in [5.74, 6) is 0. The van der Waals surface area contributed by atoms with Crippen LogP contribution in [0.25, 0.3) is 10.9 Å². The highest BCUT2D eigenvalue weighted by molar-refractivity contribution is 5.94. The van der Waals surface area contributed by atoms with Gasteiger partial charge >= 0.3 is 0 Å². The molecule has 4 heteroatoms. The Morgan fingerprint density at radius 2 is 2.05 bits per heavy atom. The third-order valence-corrected chi connectivity index (χ3v) is 3.98. The fraction of sp³-hybridized carbons (Fsp3) is 0.471. The topological polar surface area (TPSA) is 37.4 Å². The fourth-order valence-electron chi connectivity index (χ4n) is 3.00. The Morgan fingerprint density at radius 1 is 1.24 bits per heavy atom. The Bertz CT molecular complexity index is 621. The van der Waals surface area contributed by atoms with Crippen molar-refractivity contribution in [3.8, 4) is 0 Å². The molecule has 1 aliphatic heterocycles. The van der Waals surface area contributed by atoms with Gasteiger partial charge in [-0.05, 0) is 44.0 Å². The molecule has 0 saturated carbocycles. The smallest absolute Gasteiger partial charge is 0.0885 e. The average Bonchev–Trinajstić information content (AvgIpc) is 3.02. The summed E-state index contributed by atoms with van der Waals surface area (Å²) in [7, 11) is 1.70. The quantitative estimate of drug-likeness (QED) is 0.913. The monoisotopic (exact) mass is 285 g/mol. The molecule has 1 N–H and O–H groups in total. The number of methoxy groups -OCH3 is 1. The molecule has 0 spiro atoms. The van der Waals surface area contributed by atoms with Crippen LogP contribution in [0.5, 0.6) is 0 Å². The molecule has 1 aromatic heterocycles. The van der Waals surface area contributed by atoms with Crippen molar-refractivity contribution in [1.82, 2.24) is 4.98 Å². The molecule has 1 aliphatic rings. The summed E-state index contributed by atoms with van der Waals surface area (Å²) in [4.78, 5) is 7.15. The van der Waals surface area contributed by atoms with Crippen LogP contribution in [0.4, 0.5) is 11.4 Å². The van der Waals surface area contributed by atoms with Gasteiger partial charge in [-0.3, -0.25) is 4.98 Å². The summed E-state index contributed by atoms with van der Waals surface area (Å²) in [5, 5.41) is 4.65. The van der Waals surface area contributed by atoms with Gasteiger partial charge in [0.25, 0.3) is 0 Å². The Kier molecular flexibility index (Phi) is 4.25. The first-order chi connectivity index (χ1) is 10.3. The van der Waals surface area contributed by atoms with E-state index in [1.165, 1.54) is 23.9 Å². The number of fused-ring (bicyclic) bond motifs is 1. The second kappa shape index (κ2) is 6.31. The minimum Gasteiger partial charge on any atom is -0.385 e. The second-order valence-corrected chi connectivity index (χ2v) is 5.52. The molecule has 0 aliphatic carbocycles. The molecule has 1 fully saturated rings. The highest BCUT2D eigenvalue weighted by Crippen LogP contribution is 2.29. The van der Waals surface area contributed by atoms with E-state index in [1.807, 2.05) is 0 Å². The van der Waals surface area contributed by atoms with Crippen LogP contribution in [0.2, 0.25) is 0 Å². The molecule has 0 amide bonds. The maximum atomic E-state index is 5.22. The summed E-state index contributed by atoms with van der Waals surface area (Å²) < 4.78 is 5.22. The summed E-state index contributed by atoms with van der Waals surface area (Å²) in [6, 6.07) is 8.68. The van der Waals surface area contributed by atoms with E-state index < -0.39 is 0 Å². The van der Waals surface area contributed by atoms with Crippen LogP contribution >= 0.6 is 0 Å². The number of nitrogens with one attached hydrogen (secondary N) is 1. The van der Waals surface area contributed by atoms with E-state index in [-0.39, 0.29) is 0 Å².